The lowest BCUT2D eigenvalue weighted by atomic mass is 10.1. The maximum Gasteiger partial charge on any atom is 0.213 e. The van der Waals surface area contributed by atoms with E-state index in [-0.39, 0.29) is 24.0 Å². The minimum Gasteiger partial charge on any atom is -0.481 e. The number of hydrogen-bond acceptors (Lipinski definition) is 4. The van der Waals surface area contributed by atoms with Gasteiger partial charge in [0, 0.05) is 38.7 Å². The summed E-state index contributed by atoms with van der Waals surface area (Å²) in [6.07, 6.45) is 1.13. The molecule has 0 aliphatic carbocycles. The number of guanidine groups is 1. The first-order valence-electron chi connectivity index (χ1n) is 7.80. The summed E-state index contributed by atoms with van der Waals surface area (Å²) in [5.41, 5.74) is 0.896. The lowest BCUT2D eigenvalue weighted by Crippen LogP contribution is -2.41. The van der Waals surface area contributed by atoms with Gasteiger partial charge < -0.3 is 19.7 Å². The van der Waals surface area contributed by atoms with Crippen molar-refractivity contribution in [3.63, 3.8) is 0 Å². The second kappa shape index (κ2) is 10.6. The summed E-state index contributed by atoms with van der Waals surface area (Å²) in [6, 6.07) is 5.73. The molecule has 130 valence electrons. The Morgan fingerprint density at radius 2 is 2.35 bits per heavy atom. The summed E-state index contributed by atoms with van der Waals surface area (Å²) in [4.78, 5) is 11.2. The maximum absolute atomic E-state index is 5.44. The van der Waals surface area contributed by atoms with Crippen LogP contribution in [0.2, 0.25) is 0 Å². The van der Waals surface area contributed by atoms with Gasteiger partial charge in [-0.3, -0.25) is 0 Å². The van der Waals surface area contributed by atoms with Crippen molar-refractivity contribution in [2.24, 2.45) is 10.9 Å². The second-order valence-corrected chi connectivity index (χ2v) is 5.45. The number of halogens is 1. The van der Waals surface area contributed by atoms with E-state index in [1.54, 1.807) is 7.11 Å². The van der Waals surface area contributed by atoms with Crippen LogP contribution in [0.3, 0.4) is 0 Å². The maximum atomic E-state index is 5.44. The molecule has 23 heavy (non-hydrogen) atoms. The average molecular weight is 434 g/mol. The van der Waals surface area contributed by atoms with Crippen LogP contribution in [0.25, 0.3) is 0 Å². The van der Waals surface area contributed by atoms with Gasteiger partial charge in [0.05, 0.1) is 26.0 Å². The lowest BCUT2D eigenvalue weighted by Gasteiger charge is -2.24. The molecule has 7 heteroatoms. The molecule has 2 heterocycles. The molecule has 1 saturated heterocycles. The molecule has 1 unspecified atom stereocenters. The summed E-state index contributed by atoms with van der Waals surface area (Å²) in [5.74, 6) is 2.11. The highest BCUT2D eigenvalue weighted by atomic mass is 127. The summed E-state index contributed by atoms with van der Waals surface area (Å²) >= 11 is 0. The standard InChI is InChI=1S/C16H26N4O2.HI/c1-4-17-16(20(2)11-13-8-9-22-12-13)18-10-14-6-5-7-15(19-14)21-3;/h5-7,13H,4,8-12H2,1-3H3,(H,17,18);1H. The van der Waals surface area contributed by atoms with Crippen molar-refractivity contribution in [3.8, 4) is 5.88 Å². The third-order valence-electron chi connectivity index (χ3n) is 3.63. The molecule has 2 rings (SSSR count). The quantitative estimate of drug-likeness (QED) is 0.423. The molecule has 0 bridgehead atoms. The first kappa shape index (κ1) is 20.0. The summed E-state index contributed by atoms with van der Waals surface area (Å²) in [5, 5.41) is 3.33. The minimum absolute atomic E-state index is 0. The van der Waals surface area contributed by atoms with Crippen molar-refractivity contribution in [2.45, 2.75) is 19.9 Å². The summed E-state index contributed by atoms with van der Waals surface area (Å²) < 4.78 is 10.6. The van der Waals surface area contributed by atoms with Crippen LogP contribution in [0.4, 0.5) is 0 Å². The van der Waals surface area contributed by atoms with E-state index in [2.05, 4.69) is 34.2 Å². The molecule has 1 fully saturated rings. The van der Waals surface area contributed by atoms with Crippen LogP contribution in [0, 0.1) is 5.92 Å². The fourth-order valence-corrected chi connectivity index (χ4v) is 2.49. The van der Waals surface area contributed by atoms with Crippen LogP contribution >= 0.6 is 24.0 Å². The third kappa shape index (κ3) is 6.50. The molecule has 1 aromatic heterocycles. The van der Waals surface area contributed by atoms with E-state index in [9.17, 15) is 0 Å². The van der Waals surface area contributed by atoms with Crippen molar-refractivity contribution < 1.29 is 9.47 Å². The van der Waals surface area contributed by atoms with Gasteiger partial charge in [-0.2, -0.15) is 0 Å². The van der Waals surface area contributed by atoms with E-state index in [1.165, 1.54) is 0 Å². The molecule has 0 saturated carbocycles. The Labute approximate surface area is 155 Å². The number of nitrogens with one attached hydrogen (secondary N) is 1. The number of aromatic nitrogens is 1. The van der Waals surface area contributed by atoms with Gasteiger partial charge >= 0.3 is 0 Å². The Kier molecular flexibility index (Phi) is 9.23. The van der Waals surface area contributed by atoms with E-state index in [0.29, 0.717) is 18.3 Å². The van der Waals surface area contributed by atoms with E-state index in [1.807, 2.05) is 18.2 Å². The van der Waals surface area contributed by atoms with Crippen LogP contribution in [-0.4, -0.2) is 56.3 Å². The highest BCUT2D eigenvalue weighted by Crippen LogP contribution is 2.13. The Morgan fingerprint density at radius 3 is 3.00 bits per heavy atom. The van der Waals surface area contributed by atoms with Crippen LogP contribution in [0.5, 0.6) is 5.88 Å². The Balaban J connectivity index is 0.00000264. The zero-order chi connectivity index (χ0) is 15.8. The fourth-order valence-electron chi connectivity index (χ4n) is 2.49. The molecule has 0 spiro atoms. The van der Waals surface area contributed by atoms with Crippen molar-refractivity contribution >= 4 is 29.9 Å². The number of ether oxygens (including phenoxy) is 2. The van der Waals surface area contributed by atoms with Gasteiger partial charge in [0.15, 0.2) is 5.96 Å². The summed E-state index contributed by atoms with van der Waals surface area (Å²) in [6.45, 7) is 6.13. The third-order valence-corrected chi connectivity index (χ3v) is 3.63. The molecule has 1 N–H and O–H groups in total. The molecular weight excluding hydrogens is 407 g/mol. The first-order chi connectivity index (χ1) is 10.7. The Morgan fingerprint density at radius 1 is 1.52 bits per heavy atom. The SMILES string of the molecule is CCNC(=NCc1cccc(OC)n1)N(C)CC1CCOC1.I. The van der Waals surface area contributed by atoms with Crippen LogP contribution in [0.15, 0.2) is 23.2 Å². The lowest BCUT2D eigenvalue weighted by molar-refractivity contribution is 0.181. The van der Waals surface area contributed by atoms with Crippen LogP contribution in [0.1, 0.15) is 19.0 Å². The van der Waals surface area contributed by atoms with Crippen molar-refractivity contribution in [2.75, 3.05) is 40.5 Å². The minimum atomic E-state index is 0. The molecule has 0 radical (unpaired) electrons. The number of aliphatic imine (C=N–C) groups is 1. The predicted octanol–water partition coefficient (Wildman–Crippen LogP) is 2.14. The number of rotatable bonds is 6. The van der Waals surface area contributed by atoms with Crippen molar-refractivity contribution in [1.82, 2.24) is 15.2 Å². The monoisotopic (exact) mass is 434 g/mol. The van der Waals surface area contributed by atoms with Gasteiger partial charge in [-0.1, -0.05) is 6.07 Å². The highest BCUT2D eigenvalue weighted by molar-refractivity contribution is 14.0. The molecule has 0 aromatic carbocycles. The highest BCUT2D eigenvalue weighted by Gasteiger charge is 2.19. The molecular formula is C16H27IN4O2. The molecule has 1 aliphatic heterocycles. The van der Waals surface area contributed by atoms with Gasteiger partial charge in [-0.25, -0.2) is 9.98 Å². The largest absolute Gasteiger partial charge is 0.481 e. The normalized spacial score (nSPS) is 17.5. The van der Waals surface area contributed by atoms with E-state index in [4.69, 9.17) is 9.47 Å². The van der Waals surface area contributed by atoms with Crippen molar-refractivity contribution in [1.29, 1.82) is 0 Å². The number of methoxy groups -OCH3 is 1. The zero-order valence-electron chi connectivity index (χ0n) is 14.1. The fraction of sp³-hybridized carbons (Fsp3) is 0.625. The molecule has 6 nitrogen and oxygen atoms in total. The second-order valence-electron chi connectivity index (χ2n) is 5.45. The molecule has 1 atom stereocenters. The Bertz CT molecular complexity index is 493. The smallest absolute Gasteiger partial charge is 0.213 e. The van der Waals surface area contributed by atoms with Crippen LogP contribution < -0.4 is 10.1 Å². The van der Waals surface area contributed by atoms with Gasteiger partial charge in [0.1, 0.15) is 0 Å². The number of hydrogen-bond donors (Lipinski definition) is 1. The van der Waals surface area contributed by atoms with Gasteiger partial charge in [0.25, 0.3) is 0 Å². The zero-order valence-corrected chi connectivity index (χ0v) is 16.4. The van der Waals surface area contributed by atoms with Gasteiger partial charge in [-0.15, -0.1) is 24.0 Å². The number of pyridine rings is 1. The molecule has 1 aromatic rings. The van der Waals surface area contributed by atoms with E-state index in [0.717, 1.165) is 44.4 Å². The molecule has 1 aliphatic rings. The number of nitrogens with zero attached hydrogens (tertiary/aromatic N) is 3. The topological polar surface area (TPSA) is 59.0 Å². The van der Waals surface area contributed by atoms with Crippen LogP contribution in [-0.2, 0) is 11.3 Å². The van der Waals surface area contributed by atoms with E-state index < -0.39 is 0 Å². The Hall–Kier alpha value is -1.09. The van der Waals surface area contributed by atoms with Crippen molar-refractivity contribution in [3.05, 3.63) is 23.9 Å². The summed E-state index contributed by atoms with van der Waals surface area (Å²) in [7, 11) is 3.69. The molecule has 0 amide bonds. The average Bonchev–Trinajstić information content (AvgIpc) is 3.04. The van der Waals surface area contributed by atoms with E-state index >= 15 is 0 Å². The van der Waals surface area contributed by atoms with Gasteiger partial charge in [0.2, 0.25) is 5.88 Å². The predicted molar refractivity (Wildman–Crippen MR) is 103 cm³/mol. The van der Waals surface area contributed by atoms with Gasteiger partial charge in [-0.05, 0) is 19.4 Å². The first-order valence-corrected chi connectivity index (χ1v) is 7.80.